The van der Waals surface area contributed by atoms with Gasteiger partial charge in [0.25, 0.3) is 0 Å². The molecule has 0 unspecified atom stereocenters. The van der Waals surface area contributed by atoms with Gasteiger partial charge in [0.15, 0.2) is 5.78 Å². The molecule has 0 radical (unpaired) electrons. The molecule has 80 valence electrons. The summed E-state index contributed by atoms with van der Waals surface area (Å²) in [6.45, 7) is 1.86. The van der Waals surface area contributed by atoms with Gasteiger partial charge in [0.2, 0.25) is 0 Å². The van der Waals surface area contributed by atoms with Crippen LogP contribution in [0.15, 0.2) is 30.3 Å². The Morgan fingerprint density at radius 3 is 2.33 bits per heavy atom. The molecule has 0 aromatic heterocycles. The van der Waals surface area contributed by atoms with Crippen molar-refractivity contribution in [2.24, 2.45) is 0 Å². The predicted octanol–water partition coefficient (Wildman–Crippen LogP) is 2.22. The lowest BCUT2D eigenvalue weighted by Gasteiger charge is -2.10. The van der Waals surface area contributed by atoms with E-state index in [0.29, 0.717) is 18.4 Å². The first kappa shape index (κ1) is 11.4. The minimum Gasteiger partial charge on any atom is -0.480 e. The fourth-order valence-corrected chi connectivity index (χ4v) is 1.50. The maximum Gasteiger partial charge on any atom is 0.318 e. The Balaban J connectivity index is 2.94. The number of hydrogen-bond donors (Lipinski definition) is 1. The van der Waals surface area contributed by atoms with Gasteiger partial charge in [-0.3, -0.25) is 9.59 Å². The molecule has 0 spiro atoms. The molecule has 1 rings (SSSR count). The van der Waals surface area contributed by atoms with Crippen molar-refractivity contribution in [1.29, 1.82) is 0 Å². The lowest BCUT2D eigenvalue weighted by Crippen LogP contribution is -2.21. The van der Waals surface area contributed by atoms with Gasteiger partial charge in [-0.05, 0) is 12.0 Å². The first-order valence-corrected chi connectivity index (χ1v) is 4.97. The largest absolute Gasteiger partial charge is 0.480 e. The zero-order valence-electron chi connectivity index (χ0n) is 8.64. The number of aliphatic carboxylic acids is 1. The number of carboxylic acid groups (broad SMARTS) is 1. The molecule has 0 saturated carbocycles. The summed E-state index contributed by atoms with van der Waals surface area (Å²) in [5.41, 5.74) is 0.559. The van der Waals surface area contributed by atoms with E-state index in [1.807, 2.05) is 6.92 Å². The van der Waals surface area contributed by atoms with Crippen LogP contribution in [0.3, 0.4) is 0 Å². The minimum absolute atomic E-state index is 0.226. The number of benzene rings is 1. The smallest absolute Gasteiger partial charge is 0.318 e. The van der Waals surface area contributed by atoms with E-state index in [9.17, 15) is 9.59 Å². The van der Waals surface area contributed by atoms with Gasteiger partial charge in [-0.25, -0.2) is 0 Å². The van der Waals surface area contributed by atoms with Gasteiger partial charge in [-0.15, -0.1) is 0 Å². The van der Waals surface area contributed by atoms with Crippen LogP contribution in [-0.2, 0) is 9.59 Å². The second-order valence-electron chi connectivity index (χ2n) is 3.40. The Hall–Kier alpha value is -1.64. The zero-order chi connectivity index (χ0) is 11.3. The Morgan fingerprint density at radius 1 is 1.27 bits per heavy atom. The maximum atomic E-state index is 11.6. The minimum atomic E-state index is -1.07. The monoisotopic (exact) mass is 206 g/mol. The van der Waals surface area contributed by atoms with E-state index in [0.717, 1.165) is 0 Å². The van der Waals surface area contributed by atoms with E-state index in [-0.39, 0.29) is 5.78 Å². The highest BCUT2D eigenvalue weighted by Crippen LogP contribution is 2.19. The SMILES string of the molecule is CCCC(=O)[C@H](C(=O)O)c1ccccc1. The topological polar surface area (TPSA) is 54.4 Å². The molecule has 1 aromatic rings. The highest BCUT2D eigenvalue weighted by Gasteiger charge is 2.26. The van der Waals surface area contributed by atoms with Crippen molar-refractivity contribution in [3.05, 3.63) is 35.9 Å². The average Bonchev–Trinajstić information content (AvgIpc) is 2.19. The van der Waals surface area contributed by atoms with Crippen molar-refractivity contribution in [2.45, 2.75) is 25.7 Å². The molecule has 1 N–H and O–H groups in total. The Labute approximate surface area is 88.7 Å². The highest BCUT2D eigenvalue weighted by atomic mass is 16.4. The van der Waals surface area contributed by atoms with Crippen molar-refractivity contribution < 1.29 is 14.7 Å². The molecule has 0 heterocycles. The van der Waals surface area contributed by atoms with Gasteiger partial charge in [-0.2, -0.15) is 0 Å². The van der Waals surface area contributed by atoms with Crippen LogP contribution in [0.2, 0.25) is 0 Å². The molecule has 0 aliphatic rings. The fraction of sp³-hybridized carbons (Fsp3) is 0.333. The number of Topliss-reactive ketones (excluding diaryl/α,β-unsaturated/α-hetero) is 1. The molecular formula is C12H14O3. The molecule has 1 atom stereocenters. The number of carbonyl (C=O) groups excluding carboxylic acids is 1. The third-order valence-corrected chi connectivity index (χ3v) is 2.20. The molecule has 0 saturated heterocycles. The summed E-state index contributed by atoms with van der Waals surface area (Å²) < 4.78 is 0. The van der Waals surface area contributed by atoms with Crippen LogP contribution >= 0.6 is 0 Å². The van der Waals surface area contributed by atoms with Crippen molar-refractivity contribution >= 4 is 11.8 Å². The summed E-state index contributed by atoms with van der Waals surface area (Å²) in [6, 6.07) is 8.63. The molecule has 0 aliphatic heterocycles. The van der Waals surface area contributed by atoms with Crippen LogP contribution in [-0.4, -0.2) is 16.9 Å². The molecule has 0 amide bonds. The van der Waals surface area contributed by atoms with Gasteiger partial charge in [0, 0.05) is 6.42 Å². The number of hydrogen-bond acceptors (Lipinski definition) is 2. The van der Waals surface area contributed by atoms with E-state index in [1.54, 1.807) is 30.3 Å². The Morgan fingerprint density at radius 2 is 1.87 bits per heavy atom. The number of carbonyl (C=O) groups is 2. The zero-order valence-corrected chi connectivity index (χ0v) is 8.64. The van der Waals surface area contributed by atoms with Gasteiger partial charge in [-0.1, -0.05) is 37.3 Å². The normalized spacial score (nSPS) is 12.1. The lowest BCUT2D eigenvalue weighted by molar-refractivity contribution is -0.142. The summed E-state index contributed by atoms with van der Waals surface area (Å²) in [5.74, 6) is -2.30. The molecule has 0 bridgehead atoms. The van der Waals surface area contributed by atoms with E-state index in [4.69, 9.17) is 5.11 Å². The van der Waals surface area contributed by atoms with E-state index >= 15 is 0 Å². The third kappa shape index (κ3) is 2.91. The van der Waals surface area contributed by atoms with Crippen molar-refractivity contribution in [2.75, 3.05) is 0 Å². The maximum absolute atomic E-state index is 11.6. The van der Waals surface area contributed by atoms with E-state index in [2.05, 4.69) is 0 Å². The standard InChI is InChI=1S/C12H14O3/c1-2-6-10(13)11(12(14)15)9-7-4-3-5-8-9/h3-5,7-8,11H,2,6H2,1H3,(H,14,15)/t11-/m1/s1. The van der Waals surface area contributed by atoms with Crippen LogP contribution < -0.4 is 0 Å². The van der Waals surface area contributed by atoms with Crippen LogP contribution in [0.1, 0.15) is 31.2 Å². The van der Waals surface area contributed by atoms with Gasteiger partial charge >= 0.3 is 5.97 Å². The second kappa shape index (κ2) is 5.29. The first-order valence-electron chi connectivity index (χ1n) is 4.97. The number of ketones is 1. The molecule has 3 heteroatoms. The van der Waals surface area contributed by atoms with Crippen molar-refractivity contribution in [3.63, 3.8) is 0 Å². The van der Waals surface area contributed by atoms with E-state index in [1.165, 1.54) is 0 Å². The van der Waals surface area contributed by atoms with Crippen LogP contribution in [0.5, 0.6) is 0 Å². The number of rotatable bonds is 5. The van der Waals surface area contributed by atoms with Gasteiger partial charge < -0.3 is 5.11 Å². The molecule has 0 aliphatic carbocycles. The molecule has 15 heavy (non-hydrogen) atoms. The molecular weight excluding hydrogens is 192 g/mol. The summed E-state index contributed by atoms with van der Waals surface area (Å²) in [6.07, 6.45) is 0.987. The quantitative estimate of drug-likeness (QED) is 0.751. The molecule has 1 aromatic carbocycles. The van der Waals surface area contributed by atoms with Crippen LogP contribution in [0.25, 0.3) is 0 Å². The Bertz CT molecular complexity index is 343. The molecule has 3 nitrogen and oxygen atoms in total. The number of carboxylic acids is 1. The predicted molar refractivity (Wildman–Crippen MR) is 56.7 cm³/mol. The first-order chi connectivity index (χ1) is 7.16. The molecule has 0 fully saturated rings. The summed E-state index contributed by atoms with van der Waals surface area (Å²) in [7, 11) is 0. The van der Waals surface area contributed by atoms with Crippen LogP contribution in [0, 0.1) is 0 Å². The van der Waals surface area contributed by atoms with Crippen molar-refractivity contribution in [3.8, 4) is 0 Å². The van der Waals surface area contributed by atoms with Gasteiger partial charge in [0.1, 0.15) is 5.92 Å². The third-order valence-electron chi connectivity index (χ3n) is 2.20. The summed E-state index contributed by atoms with van der Waals surface area (Å²) in [5, 5.41) is 9.00. The summed E-state index contributed by atoms with van der Waals surface area (Å²) in [4.78, 5) is 22.6. The van der Waals surface area contributed by atoms with E-state index < -0.39 is 11.9 Å². The summed E-state index contributed by atoms with van der Waals surface area (Å²) >= 11 is 0. The Kier molecular flexibility index (Phi) is 4.03. The van der Waals surface area contributed by atoms with Crippen molar-refractivity contribution in [1.82, 2.24) is 0 Å². The van der Waals surface area contributed by atoms with Crippen LogP contribution in [0.4, 0.5) is 0 Å². The van der Waals surface area contributed by atoms with Gasteiger partial charge in [0.05, 0.1) is 0 Å². The average molecular weight is 206 g/mol. The fourth-order valence-electron chi connectivity index (χ4n) is 1.50. The highest BCUT2D eigenvalue weighted by molar-refractivity contribution is 6.03. The lowest BCUT2D eigenvalue weighted by atomic mass is 9.92. The second-order valence-corrected chi connectivity index (χ2v) is 3.40.